The predicted molar refractivity (Wildman–Crippen MR) is 180 cm³/mol. The van der Waals surface area contributed by atoms with Gasteiger partial charge in [0.1, 0.15) is 17.6 Å². The lowest BCUT2D eigenvalue weighted by Gasteiger charge is -2.24. The van der Waals surface area contributed by atoms with E-state index in [2.05, 4.69) is 16.0 Å². The zero-order chi connectivity index (χ0) is 34.9. The Hall–Kier alpha value is -3.99. The second-order valence-electron chi connectivity index (χ2n) is 12.2. The van der Waals surface area contributed by atoms with Crippen molar-refractivity contribution in [2.75, 3.05) is 26.7 Å². The molecule has 0 aliphatic carbocycles. The SMILES string of the molecule is CC.CCCCNC(=O)CCCNC(=O)C(Cc1ccc(O)c(C(C)(C)C)c1)NC(=O)CN(C)C(=O)C(N)Cc1ccc(F)cc1. The number of carbonyl (C=O) groups is 4. The average molecular weight is 644 g/mol. The first-order valence-corrected chi connectivity index (χ1v) is 16.1. The average Bonchev–Trinajstić information content (AvgIpc) is 3.01. The molecular weight excluding hydrogens is 589 g/mol. The maximum absolute atomic E-state index is 13.2. The fraction of sp³-hybridized carbons (Fsp3) is 0.543. The van der Waals surface area contributed by atoms with Crippen LogP contribution in [0.2, 0.25) is 0 Å². The Balaban J connectivity index is 0.00000518. The molecule has 0 radical (unpaired) electrons. The van der Waals surface area contributed by atoms with Crippen LogP contribution in [0.1, 0.15) is 83.9 Å². The van der Waals surface area contributed by atoms with Crippen LogP contribution in [0.3, 0.4) is 0 Å². The van der Waals surface area contributed by atoms with E-state index in [-0.39, 0.29) is 49.4 Å². The van der Waals surface area contributed by atoms with E-state index in [1.807, 2.05) is 47.6 Å². The van der Waals surface area contributed by atoms with Gasteiger partial charge in [-0.15, -0.1) is 0 Å². The van der Waals surface area contributed by atoms with E-state index >= 15 is 0 Å². The topological polar surface area (TPSA) is 154 Å². The maximum atomic E-state index is 13.2. The summed E-state index contributed by atoms with van der Waals surface area (Å²) in [6.45, 7) is 12.5. The second kappa shape index (κ2) is 20.2. The van der Waals surface area contributed by atoms with Gasteiger partial charge >= 0.3 is 0 Å². The molecule has 2 aromatic rings. The van der Waals surface area contributed by atoms with Crippen LogP contribution in [-0.4, -0.2) is 72.4 Å². The molecule has 2 unspecified atom stereocenters. The molecule has 2 atom stereocenters. The highest BCUT2D eigenvalue weighted by Gasteiger charge is 2.26. The zero-order valence-corrected chi connectivity index (χ0v) is 28.5. The lowest BCUT2D eigenvalue weighted by molar-refractivity contribution is -0.136. The molecule has 256 valence electrons. The molecule has 0 aliphatic heterocycles. The first kappa shape index (κ1) is 40.0. The fourth-order valence-electron chi connectivity index (χ4n) is 4.61. The quantitative estimate of drug-likeness (QED) is 0.176. The first-order valence-electron chi connectivity index (χ1n) is 16.1. The largest absolute Gasteiger partial charge is 0.508 e. The van der Waals surface area contributed by atoms with Crippen LogP contribution in [0, 0.1) is 5.82 Å². The van der Waals surface area contributed by atoms with Crippen molar-refractivity contribution in [1.82, 2.24) is 20.9 Å². The summed E-state index contributed by atoms with van der Waals surface area (Å²) in [6.07, 6.45) is 2.89. The number of amides is 4. The number of halogens is 1. The third-order valence-corrected chi connectivity index (χ3v) is 7.14. The summed E-state index contributed by atoms with van der Waals surface area (Å²) in [6, 6.07) is 8.83. The number of carbonyl (C=O) groups excluding carboxylic acids is 4. The van der Waals surface area contributed by atoms with Gasteiger partial charge in [-0.1, -0.05) is 72.2 Å². The van der Waals surface area contributed by atoms with Gasteiger partial charge in [0.2, 0.25) is 23.6 Å². The molecule has 0 aliphatic rings. The van der Waals surface area contributed by atoms with Crippen molar-refractivity contribution in [3.63, 3.8) is 0 Å². The summed E-state index contributed by atoms with van der Waals surface area (Å²) in [5.41, 5.74) is 7.84. The molecule has 6 N–H and O–H groups in total. The maximum Gasteiger partial charge on any atom is 0.242 e. The summed E-state index contributed by atoms with van der Waals surface area (Å²) in [7, 11) is 1.45. The third kappa shape index (κ3) is 14.4. The summed E-state index contributed by atoms with van der Waals surface area (Å²) in [5, 5.41) is 18.7. The normalized spacial score (nSPS) is 12.2. The Labute approximate surface area is 273 Å². The number of nitrogens with zero attached hydrogens (tertiary/aromatic N) is 1. The van der Waals surface area contributed by atoms with Crippen LogP contribution in [0.4, 0.5) is 4.39 Å². The van der Waals surface area contributed by atoms with Gasteiger partial charge in [-0.2, -0.15) is 0 Å². The van der Waals surface area contributed by atoms with Crippen LogP contribution >= 0.6 is 0 Å². The van der Waals surface area contributed by atoms with Gasteiger partial charge in [-0.3, -0.25) is 19.2 Å². The van der Waals surface area contributed by atoms with Gasteiger partial charge in [0.05, 0.1) is 12.6 Å². The van der Waals surface area contributed by atoms with Crippen LogP contribution in [0.15, 0.2) is 42.5 Å². The summed E-state index contributed by atoms with van der Waals surface area (Å²) in [5.74, 6) is -1.80. The molecule has 0 spiro atoms. The van der Waals surface area contributed by atoms with E-state index in [0.29, 0.717) is 24.1 Å². The van der Waals surface area contributed by atoms with Crippen LogP contribution in [0.25, 0.3) is 0 Å². The van der Waals surface area contributed by atoms with Gasteiger partial charge < -0.3 is 31.7 Å². The molecule has 0 heterocycles. The first-order chi connectivity index (χ1) is 21.7. The Kier molecular flexibility index (Phi) is 17.6. The van der Waals surface area contributed by atoms with Crippen LogP contribution < -0.4 is 21.7 Å². The number of nitrogens with two attached hydrogens (primary N) is 1. The number of unbranched alkanes of at least 4 members (excludes halogenated alkanes) is 1. The summed E-state index contributed by atoms with van der Waals surface area (Å²) in [4.78, 5) is 52.3. The van der Waals surface area contributed by atoms with Crippen molar-refractivity contribution in [3.8, 4) is 5.75 Å². The second-order valence-corrected chi connectivity index (χ2v) is 12.2. The highest BCUT2D eigenvalue weighted by atomic mass is 19.1. The Morgan fingerprint density at radius 3 is 2.13 bits per heavy atom. The molecule has 2 aromatic carbocycles. The van der Waals surface area contributed by atoms with Crippen LogP contribution in [0.5, 0.6) is 5.75 Å². The fourth-order valence-corrected chi connectivity index (χ4v) is 4.61. The number of hydrogen-bond acceptors (Lipinski definition) is 6. The molecular formula is C35H54FN5O5. The van der Waals surface area contributed by atoms with Crippen molar-refractivity contribution in [3.05, 3.63) is 65.0 Å². The summed E-state index contributed by atoms with van der Waals surface area (Å²) >= 11 is 0. The number of nitrogens with one attached hydrogen (secondary N) is 3. The summed E-state index contributed by atoms with van der Waals surface area (Å²) < 4.78 is 13.2. The molecule has 46 heavy (non-hydrogen) atoms. The van der Waals surface area contributed by atoms with E-state index in [1.54, 1.807) is 24.3 Å². The molecule has 0 aromatic heterocycles. The highest BCUT2D eigenvalue weighted by molar-refractivity contribution is 5.91. The Bertz CT molecular complexity index is 1260. The van der Waals surface area contributed by atoms with Crippen molar-refractivity contribution < 1.29 is 28.7 Å². The van der Waals surface area contributed by atoms with Gasteiger partial charge in [-0.05, 0) is 59.6 Å². The van der Waals surface area contributed by atoms with Gasteiger partial charge in [0.15, 0.2) is 0 Å². The van der Waals surface area contributed by atoms with Crippen molar-refractivity contribution in [1.29, 1.82) is 0 Å². The zero-order valence-electron chi connectivity index (χ0n) is 28.5. The number of likely N-dealkylation sites (N-methyl/N-ethyl adjacent to an activating group) is 1. The number of phenolic OH excluding ortho intramolecular Hbond substituents is 1. The molecule has 4 amide bonds. The smallest absolute Gasteiger partial charge is 0.242 e. The van der Waals surface area contributed by atoms with E-state index in [9.17, 15) is 28.7 Å². The molecule has 0 saturated heterocycles. The van der Waals surface area contributed by atoms with Crippen molar-refractivity contribution in [2.45, 2.75) is 97.6 Å². The van der Waals surface area contributed by atoms with E-state index < -0.39 is 35.6 Å². The standard InChI is InChI=1S/C33H48FN5O5.C2H6/c1-6-7-16-36-29(41)9-8-17-37-31(43)27(20-23-12-15-28(40)25(18-23)33(2,3)4)38-30(42)21-39(5)32(44)26(35)19-22-10-13-24(34)14-11-22;1-2/h10-15,18,26-27,40H,6-9,16-17,19-21,35H2,1-5H3,(H,36,41)(H,37,43)(H,38,42);1-2H3. The molecule has 0 bridgehead atoms. The lowest BCUT2D eigenvalue weighted by atomic mass is 9.84. The number of rotatable bonds is 16. The number of aromatic hydroxyl groups is 1. The number of hydrogen-bond donors (Lipinski definition) is 5. The van der Waals surface area contributed by atoms with E-state index in [0.717, 1.165) is 18.4 Å². The molecule has 10 nitrogen and oxygen atoms in total. The van der Waals surface area contributed by atoms with Crippen molar-refractivity contribution >= 4 is 23.6 Å². The Morgan fingerprint density at radius 1 is 0.913 bits per heavy atom. The van der Waals surface area contributed by atoms with E-state index in [4.69, 9.17) is 5.73 Å². The molecule has 2 rings (SSSR count). The molecule has 0 saturated carbocycles. The highest BCUT2D eigenvalue weighted by Crippen LogP contribution is 2.31. The number of benzene rings is 2. The van der Waals surface area contributed by atoms with Gasteiger partial charge in [-0.25, -0.2) is 4.39 Å². The minimum atomic E-state index is -0.977. The monoisotopic (exact) mass is 643 g/mol. The molecule has 11 heteroatoms. The van der Waals surface area contributed by atoms with Crippen LogP contribution in [-0.2, 0) is 37.4 Å². The van der Waals surface area contributed by atoms with Gasteiger partial charge in [0.25, 0.3) is 0 Å². The minimum absolute atomic E-state index is 0.0818. The molecule has 0 fully saturated rings. The third-order valence-electron chi connectivity index (χ3n) is 7.14. The van der Waals surface area contributed by atoms with E-state index in [1.165, 1.54) is 24.1 Å². The number of phenols is 1. The predicted octanol–water partition coefficient (Wildman–Crippen LogP) is 3.72. The van der Waals surface area contributed by atoms with Crippen molar-refractivity contribution in [2.24, 2.45) is 5.73 Å². The Morgan fingerprint density at radius 2 is 1.52 bits per heavy atom. The minimum Gasteiger partial charge on any atom is -0.508 e. The van der Waals surface area contributed by atoms with Gasteiger partial charge in [0, 0.05) is 33.0 Å². The lowest BCUT2D eigenvalue weighted by Crippen LogP contribution is -2.52.